The van der Waals surface area contributed by atoms with Gasteiger partial charge >= 0.3 is 0 Å². The molecule has 1 aromatic rings. The molecule has 0 atom stereocenters. The lowest BCUT2D eigenvalue weighted by atomic mass is 10.2. The molecule has 1 heterocycles. The van der Waals surface area contributed by atoms with Gasteiger partial charge in [0.2, 0.25) is 5.91 Å². The van der Waals surface area contributed by atoms with E-state index in [1.807, 2.05) is 21.9 Å². The molecule has 2 amide bonds. The molecule has 1 aliphatic heterocycles. The fraction of sp³-hybridized carbons (Fsp3) is 0.619. The molecule has 3 rings (SSSR count). The number of nitrogens with zero attached hydrogens (tertiary/aromatic N) is 3. The van der Waals surface area contributed by atoms with Crippen LogP contribution < -0.4 is 9.47 Å². The van der Waals surface area contributed by atoms with Crippen LogP contribution in [0.15, 0.2) is 24.3 Å². The van der Waals surface area contributed by atoms with Crippen molar-refractivity contribution in [1.82, 2.24) is 14.7 Å². The highest BCUT2D eigenvalue weighted by Gasteiger charge is 2.33. The number of piperazine rings is 1. The van der Waals surface area contributed by atoms with Crippen LogP contribution in [0.5, 0.6) is 11.5 Å². The van der Waals surface area contributed by atoms with Crippen molar-refractivity contribution in [2.45, 2.75) is 32.2 Å². The van der Waals surface area contributed by atoms with E-state index in [4.69, 9.17) is 9.47 Å². The van der Waals surface area contributed by atoms with Crippen LogP contribution in [-0.2, 0) is 9.59 Å². The van der Waals surface area contributed by atoms with Gasteiger partial charge in [-0.25, -0.2) is 0 Å². The molecule has 0 aromatic heterocycles. The van der Waals surface area contributed by atoms with E-state index >= 15 is 0 Å². The zero-order chi connectivity index (χ0) is 19.9. The molecule has 7 nitrogen and oxygen atoms in total. The highest BCUT2D eigenvalue weighted by atomic mass is 16.5. The van der Waals surface area contributed by atoms with Gasteiger partial charge in [-0.15, -0.1) is 0 Å². The summed E-state index contributed by atoms with van der Waals surface area (Å²) < 4.78 is 10.9. The second-order valence-electron chi connectivity index (χ2n) is 7.32. The lowest BCUT2D eigenvalue weighted by Crippen LogP contribution is -2.49. The smallest absolute Gasteiger partial charge is 0.260 e. The number of hydrogen-bond acceptors (Lipinski definition) is 5. The van der Waals surface area contributed by atoms with Crippen molar-refractivity contribution in [2.75, 3.05) is 53.0 Å². The third-order valence-corrected chi connectivity index (χ3v) is 5.47. The van der Waals surface area contributed by atoms with Gasteiger partial charge in [-0.05, 0) is 31.5 Å². The van der Waals surface area contributed by atoms with E-state index in [9.17, 15) is 9.59 Å². The molecule has 1 saturated carbocycles. The summed E-state index contributed by atoms with van der Waals surface area (Å²) in [5.41, 5.74) is 0. The SMILES string of the molecule is CCN1CCN(C(=O)CCN(C(=O)COc2ccccc2OC)C2CC2)CC1. The number of likely N-dealkylation sites (N-methyl/N-ethyl adjacent to an activating group) is 1. The molecule has 0 N–H and O–H groups in total. The van der Waals surface area contributed by atoms with E-state index in [2.05, 4.69) is 11.8 Å². The Hall–Kier alpha value is -2.28. The number of methoxy groups -OCH3 is 1. The zero-order valence-electron chi connectivity index (χ0n) is 16.9. The summed E-state index contributed by atoms with van der Waals surface area (Å²) in [7, 11) is 1.58. The number of ether oxygens (including phenoxy) is 2. The Kier molecular flexibility index (Phi) is 7.14. The Morgan fingerprint density at radius 2 is 1.79 bits per heavy atom. The van der Waals surface area contributed by atoms with Crippen molar-refractivity contribution in [3.05, 3.63) is 24.3 Å². The average molecular weight is 389 g/mol. The van der Waals surface area contributed by atoms with Gasteiger partial charge in [0.25, 0.3) is 5.91 Å². The molecule has 1 saturated heterocycles. The number of hydrogen-bond donors (Lipinski definition) is 0. The molecule has 0 spiro atoms. The van der Waals surface area contributed by atoms with Crippen LogP contribution in [0.2, 0.25) is 0 Å². The van der Waals surface area contributed by atoms with Crippen LogP contribution in [-0.4, -0.2) is 85.5 Å². The number of para-hydroxylation sites is 2. The molecule has 0 radical (unpaired) electrons. The first kappa shape index (κ1) is 20.5. The summed E-state index contributed by atoms with van der Waals surface area (Å²) in [6, 6.07) is 7.54. The van der Waals surface area contributed by atoms with Crippen molar-refractivity contribution in [3.8, 4) is 11.5 Å². The van der Waals surface area contributed by atoms with Gasteiger partial charge in [0.1, 0.15) is 0 Å². The van der Waals surface area contributed by atoms with E-state index in [1.54, 1.807) is 19.2 Å². The maximum atomic E-state index is 12.7. The summed E-state index contributed by atoms with van der Waals surface area (Å²) in [5, 5.41) is 0. The topological polar surface area (TPSA) is 62.3 Å². The quantitative estimate of drug-likeness (QED) is 0.642. The maximum Gasteiger partial charge on any atom is 0.260 e. The standard InChI is InChI=1S/C21H31N3O4/c1-3-22-12-14-23(15-13-22)20(25)10-11-24(17-8-9-17)21(26)16-28-19-7-5-4-6-18(19)27-2/h4-7,17H,3,8-16H2,1-2H3. The highest BCUT2D eigenvalue weighted by molar-refractivity contribution is 5.80. The van der Waals surface area contributed by atoms with Crippen molar-refractivity contribution in [1.29, 1.82) is 0 Å². The van der Waals surface area contributed by atoms with Gasteiger partial charge in [0.05, 0.1) is 7.11 Å². The van der Waals surface area contributed by atoms with E-state index in [1.165, 1.54) is 0 Å². The van der Waals surface area contributed by atoms with Crippen LogP contribution in [0.4, 0.5) is 0 Å². The van der Waals surface area contributed by atoms with Crippen molar-refractivity contribution in [2.24, 2.45) is 0 Å². The zero-order valence-corrected chi connectivity index (χ0v) is 16.9. The fourth-order valence-corrected chi connectivity index (χ4v) is 3.55. The van der Waals surface area contributed by atoms with Gasteiger partial charge in [0.15, 0.2) is 18.1 Å². The molecule has 154 valence electrons. The molecule has 1 aromatic carbocycles. The van der Waals surface area contributed by atoms with Crippen molar-refractivity contribution >= 4 is 11.8 Å². The highest BCUT2D eigenvalue weighted by Crippen LogP contribution is 2.29. The Morgan fingerprint density at radius 1 is 1.11 bits per heavy atom. The number of amides is 2. The summed E-state index contributed by atoms with van der Waals surface area (Å²) in [5.74, 6) is 1.23. The van der Waals surface area contributed by atoms with E-state index in [-0.39, 0.29) is 24.5 Å². The normalized spacial score (nSPS) is 17.3. The summed E-state index contributed by atoms with van der Waals surface area (Å²) in [4.78, 5) is 31.3. The maximum absolute atomic E-state index is 12.7. The Morgan fingerprint density at radius 3 is 2.39 bits per heavy atom. The van der Waals surface area contributed by atoms with E-state index < -0.39 is 0 Å². The summed E-state index contributed by atoms with van der Waals surface area (Å²) in [6.45, 7) is 7.01. The molecular formula is C21H31N3O4. The molecule has 0 unspecified atom stereocenters. The van der Waals surface area contributed by atoms with Gasteiger partial charge in [0, 0.05) is 45.2 Å². The molecular weight excluding hydrogens is 358 g/mol. The third-order valence-electron chi connectivity index (χ3n) is 5.47. The van der Waals surface area contributed by atoms with E-state index in [0.717, 1.165) is 45.6 Å². The minimum Gasteiger partial charge on any atom is -0.493 e. The second kappa shape index (κ2) is 9.78. The number of benzene rings is 1. The van der Waals surface area contributed by atoms with Crippen molar-refractivity contribution in [3.63, 3.8) is 0 Å². The number of rotatable bonds is 9. The lowest BCUT2D eigenvalue weighted by Gasteiger charge is -2.34. The largest absolute Gasteiger partial charge is 0.493 e. The van der Waals surface area contributed by atoms with E-state index in [0.29, 0.717) is 24.5 Å². The molecule has 1 aliphatic carbocycles. The minimum atomic E-state index is -0.0722. The van der Waals surface area contributed by atoms with Crippen LogP contribution in [0.3, 0.4) is 0 Å². The molecule has 2 aliphatic rings. The first-order chi connectivity index (χ1) is 13.6. The molecule has 2 fully saturated rings. The fourth-order valence-electron chi connectivity index (χ4n) is 3.55. The predicted molar refractivity (Wildman–Crippen MR) is 107 cm³/mol. The predicted octanol–water partition coefficient (Wildman–Crippen LogP) is 1.62. The van der Waals surface area contributed by atoms with Crippen molar-refractivity contribution < 1.29 is 19.1 Å². The molecule has 0 bridgehead atoms. The van der Waals surface area contributed by atoms with Gasteiger partial charge in [-0.1, -0.05) is 19.1 Å². The van der Waals surface area contributed by atoms with Crippen LogP contribution in [0, 0.1) is 0 Å². The molecule has 7 heteroatoms. The van der Waals surface area contributed by atoms with Crippen LogP contribution >= 0.6 is 0 Å². The third kappa shape index (κ3) is 5.38. The van der Waals surface area contributed by atoms with Gasteiger partial charge in [-0.2, -0.15) is 0 Å². The summed E-state index contributed by atoms with van der Waals surface area (Å²) in [6.07, 6.45) is 2.39. The van der Waals surface area contributed by atoms with Gasteiger partial charge < -0.3 is 24.2 Å². The lowest BCUT2D eigenvalue weighted by molar-refractivity contribution is -0.136. The number of carbonyl (C=O) groups is 2. The first-order valence-corrected chi connectivity index (χ1v) is 10.2. The first-order valence-electron chi connectivity index (χ1n) is 10.2. The van der Waals surface area contributed by atoms with Gasteiger partial charge in [-0.3, -0.25) is 9.59 Å². The Bertz CT molecular complexity index is 669. The number of carbonyl (C=O) groups excluding carboxylic acids is 2. The van der Waals surface area contributed by atoms with Crippen LogP contribution in [0.25, 0.3) is 0 Å². The Balaban J connectivity index is 1.48. The Labute approximate surface area is 167 Å². The monoisotopic (exact) mass is 389 g/mol. The summed E-state index contributed by atoms with van der Waals surface area (Å²) >= 11 is 0. The van der Waals surface area contributed by atoms with Crippen LogP contribution in [0.1, 0.15) is 26.2 Å². The minimum absolute atomic E-state index is 0.0414. The molecule has 28 heavy (non-hydrogen) atoms. The average Bonchev–Trinajstić information content (AvgIpc) is 3.57. The second-order valence-corrected chi connectivity index (χ2v) is 7.32.